The fourth-order valence-electron chi connectivity index (χ4n) is 2.50. The van der Waals surface area contributed by atoms with Crippen LogP contribution in [0.25, 0.3) is 11.5 Å². The van der Waals surface area contributed by atoms with Gasteiger partial charge in [0, 0.05) is 5.56 Å². The molecule has 0 aliphatic heterocycles. The van der Waals surface area contributed by atoms with Gasteiger partial charge in [0.2, 0.25) is 5.89 Å². The molecule has 0 aliphatic rings. The number of esters is 1. The highest BCUT2D eigenvalue weighted by Crippen LogP contribution is 2.26. The minimum Gasteiger partial charge on any atom is -0.497 e. The van der Waals surface area contributed by atoms with E-state index in [1.807, 2.05) is 25.1 Å². The van der Waals surface area contributed by atoms with E-state index >= 15 is 0 Å². The molecule has 140 valence electrons. The van der Waals surface area contributed by atoms with Gasteiger partial charge in [-0.1, -0.05) is 11.6 Å². The van der Waals surface area contributed by atoms with Crippen LogP contribution in [0.4, 0.5) is 0 Å². The zero-order valence-electron chi connectivity index (χ0n) is 15.6. The number of aryl methyl sites for hydroxylation is 1. The lowest BCUT2D eigenvalue weighted by Crippen LogP contribution is -2.11. The number of methoxy groups -OCH3 is 2. The minimum absolute atomic E-state index is 0.209. The van der Waals surface area contributed by atoms with E-state index in [1.165, 1.54) is 7.11 Å². The molecule has 7 heteroatoms. The number of rotatable bonds is 6. The number of benzene rings is 2. The molecule has 0 saturated carbocycles. The second kappa shape index (κ2) is 7.90. The molecular formula is C20H20N2O5. The summed E-state index contributed by atoms with van der Waals surface area (Å²) in [5, 5.41) is 8.00. The van der Waals surface area contributed by atoms with Gasteiger partial charge in [-0.3, -0.25) is 0 Å². The minimum atomic E-state index is -0.706. The van der Waals surface area contributed by atoms with Crippen molar-refractivity contribution in [3.05, 3.63) is 59.5 Å². The fourth-order valence-corrected chi connectivity index (χ4v) is 2.50. The summed E-state index contributed by atoms with van der Waals surface area (Å²) in [5.74, 6) is 1.20. The van der Waals surface area contributed by atoms with Crippen molar-refractivity contribution in [3.8, 4) is 23.0 Å². The van der Waals surface area contributed by atoms with Gasteiger partial charge in [-0.25, -0.2) is 4.79 Å². The van der Waals surface area contributed by atoms with Crippen LogP contribution in [0.2, 0.25) is 0 Å². The third kappa shape index (κ3) is 4.08. The van der Waals surface area contributed by atoms with E-state index in [2.05, 4.69) is 10.2 Å². The average Bonchev–Trinajstić information content (AvgIpc) is 3.18. The van der Waals surface area contributed by atoms with E-state index in [1.54, 1.807) is 38.3 Å². The summed E-state index contributed by atoms with van der Waals surface area (Å²) in [4.78, 5) is 12.5. The number of ether oxygens (including phenoxy) is 3. The molecule has 0 unspecified atom stereocenters. The first kappa shape index (κ1) is 18.4. The molecule has 0 radical (unpaired) electrons. The van der Waals surface area contributed by atoms with Gasteiger partial charge in [0.25, 0.3) is 5.89 Å². The van der Waals surface area contributed by atoms with E-state index in [0.717, 1.165) is 16.9 Å². The predicted molar refractivity (Wildman–Crippen MR) is 97.8 cm³/mol. The first-order chi connectivity index (χ1) is 13.0. The van der Waals surface area contributed by atoms with E-state index in [-0.39, 0.29) is 5.89 Å². The first-order valence-electron chi connectivity index (χ1n) is 8.35. The molecule has 27 heavy (non-hydrogen) atoms. The largest absolute Gasteiger partial charge is 0.497 e. The van der Waals surface area contributed by atoms with Crippen LogP contribution in [0.1, 0.15) is 34.8 Å². The first-order valence-corrected chi connectivity index (χ1v) is 8.35. The van der Waals surface area contributed by atoms with Crippen molar-refractivity contribution in [1.29, 1.82) is 0 Å². The Morgan fingerprint density at radius 3 is 2.44 bits per heavy atom. The summed E-state index contributed by atoms with van der Waals surface area (Å²) in [7, 11) is 3.10. The van der Waals surface area contributed by atoms with Crippen LogP contribution in [0.3, 0.4) is 0 Å². The lowest BCUT2D eigenvalue weighted by Gasteiger charge is -2.12. The molecule has 2 aromatic carbocycles. The smallest absolute Gasteiger partial charge is 0.342 e. The van der Waals surface area contributed by atoms with Crippen molar-refractivity contribution in [2.24, 2.45) is 0 Å². The second-order valence-electron chi connectivity index (χ2n) is 5.93. The quantitative estimate of drug-likeness (QED) is 0.609. The Kier molecular flexibility index (Phi) is 5.40. The SMILES string of the molecule is COc1ccc(-c2nnc([C@@H](C)OC(=O)c3cc(C)ccc3OC)o2)cc1. The van der Waals surface area contributed by atoms with Crippen molar-refractivity contribution in [2.75, 3.05) is 14.2 Å². The van der Waals surface area contributed by atoms with Gasteiger partial charge in [-0.2, -0.15) is 0 Å². The molecule has 3 aromatic rings. The monoisotopic (exact) mass is 368 g/mol. The molecule has 1 aromatic heterocycles. The van der Waals surface area contributed by atoms with Crippen molar-refractivity contribution in [1.82, 2.24) is 10.2 Å². The highest BCUT2D eigenvalue weighted by atomic mass is 16.6. The highest BCUT2D eigenvalue weighted by Gasteiger charge is 2.22. The second-order valence-corrected chi connectivity index (χ2v) is 5.93. The van der Waals surface area contributed by atoms with Crippen LogP contribution in [0.5, 0.6) is 11.5 Å². The van der Waals surface area contributed by atoms with Crippen LogP contribution in [-0.4, -0.2) is 30.4 Å². The van der Waals surface area contributed by atoms with E-state index in [9.17, 15) is 4.79 Å². The number of nitrogens with zero attached hydrogens (tertiary/aromatic N) is 2. The molecule has 3 rings (SSSR count). The summed E-state index contributed by atoms with van der Waals surface area (Å²) in [6, 6.07) is 12.5. The van der Waals surface area contributed by atoms with Crippen molar-refractivity contribution in [3.63, 3.8) is 0 Å². The topological polar surface area (TPSA) is 83.7 Å². The zero-order chi connectivity index (χ0) is 19.4. The molecule has 1 atom stereocenters. The van der Waals surface area contributed by atoms with Gasteiger partial charge in [0.1, 0.15) is 17.1 Å². The maximum Gasteiger partial charge on any atom is 0.342 e. The van der Waals surface area contributed by atoms with E-state index < -0.39 is 12.1 Å². The Bertz CT molecular complexity index is 934. The molecule has 0 spiro atoms. The van der Waals surface area contributed by atoms with Crippen LogP contribution >= 0.6 is 0 Å². The van der Waals surface area contributed by atoms with Crippen molar-refractivity contribution < 1.29 is 23.4 Å². The third-order valence-electron chi connectivity index (χ3n) is 3.98. The van der Waals surface area contributed by atoms with Gasteiger partial charge < -0.3 is 18.6 Å². The number of aromatic nitrogens is 2. The average molecular weight is 368 g/mol. The Morgan fingerprint density at radius 1 is 1.04 bits per heavy atom. The van der Waals surface area contributed by atoms with E-state index in [4.69, 9.17) is 18.6 Å². The predicted octanol–water partition coefficient (Wildman–Crippen LogP) is 3.98. The van der Waals surface area contributed by atoms with Gasteiger partial charge in [0.15, 0.2) is 6.10 Å². The molecule has 1 heterocycles. The summed E-state index contributed by atoms with van der Waals surface area (Å²) in [5.41, 5.74) is 2.02. The van der Waals surface area contributed by atoms with E-state index in [0.29, 0.717) is 17.2 Å². The molecule has 0 N–H and O–H groups in total. The van der Waals surface area contributed by atoms with Crippen LogP contribution in [0.15, 0.2) is 46.9 Å². The summed E-state index contributed by atoms with van der Waals surface area (Å²) < 4.78 is 21.5. The molecule has 0 bridgehead atoms. The third-order valence-corrected chi connectivity index (χ3v) is 3.98. The summed E-state index contributed by atoms with van der Waals surface area (Å²) in [6.45, 7) is 3.56. The standard InChI is InChI=1S/C20H20N2O5/c1-12-5-10-17(25-4)16(11-12)20(23)26-13(2)18-21-22-19(27-18)14-6-8-15(24-3)9-7-14/h5-11,13H,1-4H3/t13-/m1/s1. The van der Waals surface area contributed by atoms with Gasteiger partial charge in [0.05, 0.1) is 14.2 Å². The normalized spacial score (nSPS) is 11.7. The van der Waals surface area contributed by atoms with Crippen LogP contribution < -0.4 is 9.47 Å². The Morgan fingerprint density at radius 2 is 1.78 bits per heavy atom. The molecule has 0 fully saturated rings. The molecule has 7 nitrogen and oxygen atoms in total. The Hall–Kier alpha value is -3.35. The van der Waals surface area contributed by atoms with Gasteiger partial charge in [-0.05, 0) is 50.2 Å². The van der Waals surface area contributed by atoms with Crippen LogP contribution in [-0.2, 0) is 4.74 Å². The molecular weight excluding hydrogens is 348 g/mol. The van der Waals surface area contributed by atoms with Gasteiger partial charge in [-0.15, -0.1) is 10.2 Å². The van der Waals surface area contributed by atoms with Crippen LogP contribution in [0, 0.1) is 6.92 Å². The van der Waals surface area contributed by atoms with Gasteiger partial charge >= 0.3 is 5.97 Å². The fraction of sp³-hybridized carbons (Fsp3) is 0.250. The molecule has 0 saturated heterocycles. The number of hydrogen-bond donors (Lipinski definition) is 0. The van der Waals surface area contributed by atoms with Crippen molar-refractivity contribution in [2.45, 2.75) is 20.0 Å². The Labute approximate surface area is 156 Å². The lowest BCUT2D eigenvalue weighted by atomic mass is 10.1. The zero-order valence-corrected chi connectivity index (χ0v) is 15.6. The summed E-state index contributed by atoms with van der Waals surface area (Å²) in [6.07, 6.45) is -0.706. The molecule has 0 aliphatic carbocycles. The number of carbonyl (C=O) groups is 1. The number of hydrogen-bond acceptors (Lipinski definition) is 7. The Balaban J connectivity index is 1.75. The highest BCUT2D eigenvalue weighted by molar-refractivity contribution is 5.92. The molecule has 0 amide bonds. The maximum absolute atomic E-state index is 12.5. The lowest BCUT2D eigenvalue weighted by molar-refractivity contribution is 0.0276. The summed E-state index contributed by atoms with van der Waals surface area (Å²) >= 11 is 0. The number of carbonyl (C=O) groups excluding carboxylic acids is 1. The van der Waals surface area contributed by atoms with Crippen molar-refractivity contribution >= 4 is 5.97 Å². The maximum atomic E-state index is 12.5.